The van der Waals surface area contributed by atoms with Gasteiger partial charge in [-0.25, -0.2) is 0 Å². The maximum absolute atomic E-state index is 6.21. The van der Waals surface area contributed by atoms with Gasteiger partial charge in [-0.05, 0) is 49.4 Å². The molecule has 0 amide bonds. The van der Waals surface area contributed by atoms with E-state index in [-0.39, 0.29) is 11.6 Å². The van der Waals surface area contributed by atoms with Gasteiger partial charge in [0.05, 0.1) is 11.6 Å². The van der Waals surface area contributed by atoms with E-state index in [0.717, 1.165) is 24.8 Å². The molecule has 0 bridgehead atoms. The molecular formula is C13H18Cl2N2O. The average Bonchev–Trinajstić information content (AvgIpc) is 2.32. The van der Waals surface area contributed by atoms with Gasteiger partial charge in [0, 0.05) is 17.2 Å². The highest BCUT2D eigenvalue weighted by molar-refractivity contribution is 6.33. The van der Waals surface area contributed by atoms with Crippen LogP contribution in [0.3, 0.4) is 0 Å². The number of ether oxygens (including phenoxy) is 1. The third-order valence-corrected chi connectivity index (χ3v) is 4.39. The normalized spacial score (nSPS) is 19.3. The summed E-state index contributed by atoms with van der Waals surface area (Å²) in [6, 6.07) is 5.38. The van der Waals surface area contributed by atoms with Crippen LogP contribution in [0.2, 0.25) is 10.0 Å². The van der Waals surface area contributed by atoms with Gasteiger partial charge in [-0.3, -0.25) is 11.3 Å². The highest BCUT2D eigenvalue weighted by Crippen LogP contribution is 2.42. The van der Waals surface area contributed by atoms with Crippen LogP contribution in [0.1, 0.15) is 37.3 Å². The molecule has 2 rings (SSSR count). The van der Waals surface area contributed by atoms with Crippen molar-refractivity contribution in [2.75, 3.05) is 7.11 Å². The maximum atomic E-state index is 6.21. The van der Waals surface area contributed by atoms with Gasteiger partial charge in [0.15, 0.2) is 0 Å². The average molecular weight is 289 g/mol. The number of halogens is 2. The number of hydrazine groups is 1. The Morgan fingerprint density at radius 2 is 2.17 bits per heavy atom. The quantitative estimate of drug-likeness (QED) is 0.644. The van der Waals surface area contributed by atoms with E-state index in [9.17, 15) is 0 Å². The Kier molecular flexibility index (Phi) is 4.51. The molecule has 0 saturated heterocycles. The third kappa shape index (κ3) is 2.81. The van der Waals surface area contributed by atoms with Crippen molar-refractivity contribution < 1.29 is 4.74 Å². The van der Waals surface area contributed by atoms with Gasteiger partial charge in [0.2, 0.25) is 0 Å². The number of benzene rings is 1. The molecule has 1 atom stereocenters. The minimum absolute atomic E-state index is 0.0450. The minimum Gasteiger partial charge on any atom is -0.378 e. The van der Waals surface area contributed by atoms with Crippen LogP contribution in [0.5, 0.6) is 0 Å². The molecular weight excluding hydrogens is 271 g/mol. The lowest BCUT2D eigenvalue weighted by atomic mass is 9.75. The predicted molar refractivity (Wildman–Crippen MR) is 74.7 cm³/mol. The molecule has 1 fully saturated rings. The first-order valence-corrected chi connectivity index (χ1v) is 6.82. The lowest BCUT2D eigenvalue weighted by Crippen LogP contribution is -2.44. The van der Waals surface area contributed by atoms with Crippen molar-refractivity contribution >= 4 is 23.2 Å². The third-order valence-electron chi connectivity index (χ3n) is 3.81. The molecule has 1 saturated carbocycles. The van der Waals surface area contributed by atoms with Crippen molar-refractivity contribution in [2.24, 2.45) is 5.84 Å². The largest absolute Gasteiger partial charge is 0.378 e. The standard InChI is InChI=1S/C13H18Cl2N2O/c1-18-13(5-2-6-13)8-12(17-16)10-7-9(14)3-4-11(10)15/h3-4,7,12,17H,2,5-6,8,16H2,1H3. The number of nitrogens with one attached hydrogen (secondary N) is 1. The molecule has 3 nitrogen and oxygen atoms in total. The molecule has 1 aromatic carbocycles. The van der Waals surface area contributed by atoms with Crippen LogP contribution in [0.15, 0.2) is 18.2 Å². The molecule has 18 heavy (non-hydrogen) atoms. The van der Waals surface area contributed by atoms with E-state index in [4.69, 9.17) is 33.8 Å². The second kappa shape index (κ2) is 5.76. The van der Waals surface area contributed by atoms with Crippen LogP contribution in [-0.4, -0.2) is 12.7 Å². The van der Waals surface area contributed by atoms with Gasteiger partial charge in [-0.2, -0.15) is 0 Å². The first-order chi connectivity index (χ1) is 8.60. The first-order valence-electron chi connectivity index (χ1n) is 6.06. The zero-order chi connectivity index (χ0) is 13.2. The summed E-state index contributed by atoms with van der Waals surface area (Å²) in [5.41, 5.74) is 3.68. The first kappa shape index (κ1) is 14.1. The molecule has 3 N–H and O–H groups in total. The Bertz CT molecular complexity index is 416. The van der Waals surface area contributed by atoms with Crippen molar-refractivity contribution in [2.45, 2.75) is 37.3 Å². The van der Waals surface area contributed by atoms with E-state index in [1.54, 1.807) is 19.2 Å². The summed E-state index contributed by atoms with van der Waals surface area (Å²) in [6.07, 6.45) is 4.15. The maximum Gasteiger partial charge on any atom is 0.0697 e. The SMILES string of the molecule is COC1(CC(NN)c2cc(Cl)ccc2Cl)CCC1. The Balaban J connectivity index is 2.20. The van der Waals surface area contributed by atoms with E-state index in [0.29, 0.717) is 10.0 Å². The number of hydrogen-bond acceptors (Lipinski definition) is 3. The smallest absolute Gasteiger partial charge is 0.0697 e. The van der Waals surface area contributed by atoms with Gasteiger partial charge in [0.25, 0.3) is 0 Å². The summed E-state index contributed by atoms with van der Waals surface area (Å²) < 4.78 is 5.63. The Hall–Kier alpha value is -0.320. The fourth-order valence-electron chi connectivity index (χ4n) is 2.48. The fourth-order valence-corrected chi connectivity index (χ4v) is 2.90. The van der Waals surface area contributed by atoms with E-state index in [1.807, 2.05) is 6.07 Å². The van der Waals surface area contributed by atoms with Gasteiger partial charge in [0.1, 0.15) is 0 Å². The molecule has 1 aromatic rings. The van der Waals surface area contributed by atoms with Crippen molar-refractivity contribution in [1.29, 1.82) is 0 Å². The second-order valence-electron chi connectivity index (χ2n) is 4.83. The number of nitrogens with two attached hydrogens (primary N) is 1. The van der Waals surface area contributed by atoms with Crippen LogP contribution in [-0.2, 0) is 4.74 Å². The molecule has 1 unspecified atom stereocenters. The lowest BCUT2D eigenvalue weighted by molar-refractivity contribution is -0.0838. The molecule has 5 heteroatoms. The van der Waals surface area contributed by atoms with Crippen LogP contribution in [0.25, 0.3) is 0 Å². The van der Waals surface area contributed by atoms with Gasteiger partial charge in [-0.1, -0.05) is 23.2 Å². The van der Waals surface area contributed by atoms with Gasteiger partial charge in [-0.15, -0.1) is 0 Å². The van der Waals surface area contributed by atoms with Crippen LogP contribution in [0.4, 0.5) is 0 Å². The van der Waals surface area contributed by atoms with Gasteiger partial charge < -0.3 is 4.74 Å². The molecule has 1 aliphatic rings. The zero-order valence-electron chi connectivity index (χ0n) is 10.4. The molecule has 0 aromatic heterocycles. The highest BCUT2D eigenvalue weighted by atomic mass is 35.5. The molecule has 1 aliphatic carbocycles. The van der Waals surface area contributed by atoms with E-state index < -0.39 is 0 Å². The Labute approximate surface area is 118 Å². The lowest BCUT2D eigenvalue weighted by Gasteiger charge is -2.42. The highest BCUT2D eigenvalue weighted by Gasteiger charge is 2.39. The Morgan fingerprint density at radius 3 is 2.67 bits per heavy atom. The van der Waals surface area contributed by atoms with E-state index in [1.165, 1.54) is 6.42 Å². The topological polar surface area (TPSA) is 47.3 Å². The molecule has 0 spiro atoms. The number of hydrogen-bond donors (Lipinski definition) is 2. The predicted octanol–water partition coefficient (Wildman–Crippen LogP) is 3.46. The number of methoxy groups -OCH3 is 1. The summed E-state index contributed by atoms with van der Waals surface area (Å²) in [6.45, 7) is 0. The van der Waals surface area contributed by atoms with Crippen LogP contribution >= 0.6 is 23.2 Å². The molecule has 0 aliphatic heterocycles. The second-order valence-corrected chi connectivity index (χ2v) is 5.67. The van der Waals surface area contributed by atoms with Crippen molar-refractivity contribution in [3.8, 4) is 0 Å². The fraction of sp³-hybridized carbons (Fsp3) is 0.538. The molecule has 0 radical (unpaired) electrons. The summed E-state index contributed by atoms with van der Waals surface area (Å²) in [5, 5.41) is 1.34. The summed E-state index contributed by atoms with van der Waals surface area (Å²) in [7, 11) is 1.76. The van der Waals surface area contributed by atoms with Crippen molar-refractivity contribution in [3.05, 3.63) is 33.8 Å². The van der Waals surface area contributed by atoms with Gasteiger partial charge >= 0.3 is 0 Å². The Morgan fingerprint density at radius 1 is 1.44 bits per heavy atom. The van der Waals surface area contributed by atoms with Crippen LogP contribution < -0.4 is 11.3 Å². The summed E-state index contributed by atoms with van der Waals surface area (Å²) in [4.78, 5) is 0. The van der Waals surface area contributed by atoms with Crippen molar-refractivity contribution in [1.82, 2.24) is 5.43 Å². The minimum atomic E-state index is -0.0668. The zero-order valence-corrected chi connectivity index (χ0v) is 11.9. The van der Waals surface area contributed by atoms with E-state index >= 15 is 0 Å². The van der Waals surface area contributed by atoms with Crippen LogP contribution in [0, 0.1) is 0 Å². The summed E-state index contributed by atoms with van der Waals surface area (Å²) in [5.74, 6) is 5.66. The van der Waals surface area contributed by atoms with E-state index in [2.05, 4.69) is 5.43 Å². The molecule has 0 heterocycles. The number of rotatable bonds is 5. The molecule has 100 valence electrons. The monoisotopic (exact) mass is 288 g/mol. The summed E-state index contributed by atoms with van der Waals surface area (Å²) >= 11 is 12.2. The van der Waals surface area contributed by atoms with Crippen molar-refractivity contribution in [3.63, 3.8) is 0 Å².